The zero-order chi connectivity index (χ0) is 30.1. The second-order valence-corrected chi connectivity index (χ2v) is 10.3. The van der Waals surface area contributed by atoms with E-state index in [1.165, 1.54) is 10.9 Å². The fraction of sp³-hybridized carbons (Fsp3) is 0.226. The lowest BCUT2D eigenvalue weighted by atomic mass is 10.1. The van der Waals surface area contributed by atoms with E-state index in [0.29, 0.717) is 47.4 Å². The Hall–Kier alpha value is -5.36. The number of anilines is 3. The molecule has 43 heavy (non-hydrogen) atoms. The van der Waals surface area contributed by atoms with E-state index in [2.05, 4.69) is 25.2 Å². The van der Waals surface area contributed by atoms with Crippen LogP contribution in [0.4, 0.5) is 17.3 Å². The Morgan fingerprint density at radius 3 is 2.53 bits per heavy atom. The zero-order valence-corrected chi connectivity index (χ0v) is 24.1. The minimum absolute atomic E-state index is 0.0599. The number of hydrogen-bond acceptors (Lipinski definition) is 9. The highest BCUT2D eigenvalue weighted by atomic mass is 16.5. The summed E-state index contributed by atoms with van der Waals surface area (Å²) in [6.07, 6.45) is 4.87. The van der Waals surface area contributed by atoms with Gasteiger partial charge >= 0.3 is 0 Å². The number of aromatic nitrogens is 6. The van der Waals surface area contributed by atoms with Gasteiger partial charge in [-0.2, -0.15) is 0 Å². The van der Waals surface area contributed by atoms with Crippen LogP contribution in [0.2, 0.25) is 0 Å². The first-order valence-corrected chi connectivity index (χ1v) is 13.8. The number of carbonyl (C=O) groups is 1. The second kappa shape index (κ2) is 11.5. The molecule has 1 aliphatic heterocycles. The van der Waals surface area contributed by atoms with Gasteiger partial charge in [-0.3, -0.25) is 19.3 Å². The lowest BCUT2D eigenvalue weighted by Gasteiger charge is -2.27. The van der Waals surface area contributed by atoms with Gasteiger partial charge in [0.05, 0.1) is 54.1 Å². The van der Waals surface area contributed by atoms with E-state index in [-0.39, 0.29) is 11.4 Å². The molecule has 12 nitrogen and oxygen atoms in total. The third-order valence-electron chi connectivity index (χ3n) is 7.47. The van der Waals surface area contributed by atoms with Gasteiger partial charge in [0.1, 0.15) is 17.1 Å². The fourth-order valence-corrected chi connectivity index (χ4v) is 5.09. The molecule has 1 saturated heterocycles. The van der Waals surface area contributed by atoms with Crippen LogP contribution in [0.25, 0.3) is 28.3 Å². The number of ether oxygens (including phenoxy) is 1. The molecule has 6 rings (SSSR count). The minimum atomic E-state index is -0.519. The average Bonchev–Trinajstić information content (AvgIpc) is 3.25. The highest BCUT2D eigenvalue weighted by molar-refractivity contribution is 6.05. The molecule has 218 valence electrons. The van der Waals surface area contributed by atoms with Crippen molar-refractivity contribution in [3.63, 3.8) is 0 Å². The maximum absolute atomic E-state index is 13.3. The molecule has 0 radical (unpaired) electrons. The largest absolute Gasteiger partial charge is 0.382 e. The Balaban J connectivity index is 1.23. The lowest BCUT2D eigenvalue weighted by molar-refractivity contribution is 0.102. The smallest absolute Gasteiger partial charge is 0.284 e. The molecule has 4 aromatic heterocycles. The summed E-state index contributed by atoms with van der Waals surface area (Å²) < 4.78 is 8.61. The number of amides is 1. The van der Waals surface area contributed by atoms with E-state index >= 15 is 0 Å². The minimum Gasteiger partial charge on any atom is -0.382 e. The van der Waals surface area contributed by atoms with Gasteiger partial charge in [-0.05, 0) is 55.8 Å². The summed E-state index contributed by atoms with van der Waals surface area (Å²) in [5, 5.41) is 2.80. The van der Waals surface area contributed by atoms with Crippen LogP contribution in [-0.2, 0) is 11.8 Å². The summed E-state index contributed by atoms with van der Waals surface area (Å²) >= 11 is 0. The number of nitrogen functional groups attached to an aromatic ring is 1. The monoisotopic (exact) mass is 577 g/mol. The van der Waals surface area contributed by atoms with Gasteiger partial charge in [0.2, 0.25) is 0 Å². The molecule has 0 saturated carbocycles. The number of nitrogens with one attached hydrogen (secondary N) is 1. The highest BCUT2D eigenvalue weighted by Gasteiger charge is 2.23. The predicted octanol–water partition coefficient (Wildman–Crippen LogP) is 3.38. The zero-order valence-electron chi connectivity index (χ0n) is 24.1. The third kappa shape index (κ3) is 5.47. The number of aryl methyl sites for hydroxylation is 1. The Kier molecular flexibility index (Phi) is 7.43. The maximum atomic E-state index is 13.3. The van der Waals surface area contributed by atoms with E-state index in [4.69, 9.17) is 15.5 Å². The van der Waals surface area contributed by atoms with Crippen molar-refractivity contribution in [1.29, 1.82) is 0 Å². The quantitative estimate of drug-likeness (QED) is 0.310. The first kappa shape index (κ1) is 27.8. The first-order valence-electron chi connectivity index (χ1n) is 13.8. The van der Waals surface area contributed by atoms with Crippen LogP contribution < -0.4 is 21.5 Å². The number of nitrogens with zero attached hydrogens (tertiary/aromatic N) is 7. The lowest BCUT2D eigenvalue weighted by Crippen LogP contribution is -2.36. The Morgan fingerprint density at radius 1 is 0.977 bits per heavy atom. The summed E-state index contributed by atoms with van der Waals surface area (Å²) in [5.41, 5.74) is 10.9. The van der Waals surface area contributed by atoms with Crippen LogP contribution in [0.15, 0.2) is 71.9 Å². The number of pyridine rings is 2. The van der Waals surface area contributed by atoms with Crippen LogP contribution in [0.3, 0.4) is 0 Å². The third-order valence-corrected chi connectivity index (χ3v) is 7.47. The Labute approximate surface area is 247 Å². The van der Waals surface area contributed by atoms with Gasteiger partial charge in [0, 0.05) is 31.9 Å². The summed E-state index contributed by atoms with van der Waals surface area (Å²) in [7, 11) is 1.75. The summed E-state index contributed by atoms with van der Waals surface area (Å²) in [6.45, 7) is 6.56. The summed E-state index contributed by atoms with van der Waals surface area (Å²) in [5.74, 6) is 0.555. The van der Waals surface area contributed by atoms with E-state index in [0.717, 1.165) is 30.0 Å². The molecular weight excluding hydrogens is 546 g/mol. The molecule has 0 unspecified atom stereocenters. The van der Waals surface area contributed by atoms with Gasteiger partial charge in [0.15, 0.2) is 5.82 Å². The number of hydrogen-bond donors (Lipinski definition) is 2. The molecule has 5 heterocycles. The van der Waals surface area contributed by atoms with Gasteiger partial charge in [-0.25, -0.2) is 19.6 Å². The number of rotatable bonds is 6. The van der Waals surface area contributed by atoms with Crippen molar-refractivity contribution in [2.24, 2.45) is 7.05 Å². The van der Waals surface area contributed by atoms with E-state index in [1.807, 2.05) is 43.3 Å². The van der Waals surface area contributed by atoms with Crippen molar-refractivity contribution < 1.29 is 9.53 Å². The normalized spacial score (nSPS) is 13.2. The Morgan fingerprint density at radius 2 is 1.79 bits per heavy atom. The van der Waals surface area contributed by atoms with Gasteiger partial charge in [-0.1, -0.05) is 12.1 Å². The van der Waals surface area contributed by atoms with Crippen molar-refractivity contribution in [2.45, 2.75) is 13.8 Å². The molecule has 1 aliphatic rings. The average molecular weight is 578 g/mol. The topological polar surface area (TPSA) is 146 Å². The molecule has 1 fully saturated rings. The molecule has 0 bridgehead atoms. The van der Waals surface area contributed by atoms with E-state index < -0.39 is 11.5 Å². The van der Waals surface area contributed by atoms with E-state index in [9.17, 15) is 9.59 Å². The van der Waals surface area contributed by atoms with Crippen molar-refractivity contribution in [2.75, 3.05) is 42.3 Å². The number of benzene rings is 1. The fourth-order valence-electron chi connectivity index (χ4n) is 5.09. The van der Waals surface area contributed by atoms with Crippen LogP contribution in [0.1, 0.15) is 21.6 Å². The van der Waals surface area contributed by atoms with Gasteiger partial charge < -0.3 is 20.7 Å². The molecular formula is C31H31N9O3. The van der Waals surface area contributed by atoms with Crippen LogP contribution in [0.5, 0.6) is 0 Å². The van der Waals surface area contributed by atoms with Crippen molar-refractivity contribution in [3.05, 3.63) is 94.3 Å². The van der Waals surface area contributed by atoms with E-state index in [1.54, 1.807) is 43.2 Å². The van der Waals surface area contributed by atoms with Crippen molar-refractivity contribution in [3.8, 4) is 28.3 Å². The van der Waals surface area contributed by atoms with Crippen LogP contribution >= 0.6 is 0 Å². The number of carbonyl (C=O) groups excluding carboxylic acids is 1. The Bertz CT molecular complexity index is 1870. The predicted molar refractivity (Wildman–Crippen MR) is 164 cm³/mol. The summed E-state index contributed by atoms with van der Waals surface area (Å²) in [4.78, 5) is 46.8. The molecule has 0 atom stereocenters. The van der Waals surface area contributed by atoms with Crippen molar-refractivity contribution >= 4 is 23.2 Å². The van der Waals surface area contributed by atoms with Crippen LogP contribution in [-0.4, -0.2) is 61.5 Å². The molecule has 0 aliphatic carbocycles. The van der Waals surface area contributed by atoms with Crippen molar-refractivity contribution in [1.82, 2.24) is 29.3 Å². The number of morpholine rings is 1. The second-order valence-electron chi connectivity index (χ2n) is 10.3. The molecule has 12 heteroatoms. The van der Waals surface area contributed by atoms with Crippen LogP contribution in [0, 0.1) is 13.8 Å². The first-order chi connectivity index (χ1) is 20.8. The molecule has 5 aromatic rings. The molecule has 0 spiro atoms. The highest BCUT2D eigenvalue weighted by Crippen LogP contribution is 2.27. The number of nitrogens with two attached hydrogens (primary N) is 1. The molecule has 3 N–H and O–H groups in total. The van der Waals surface area contributed by atoms with Gasteiger partial charge in [0.25, 0.3) is 11.5 Å². The standard InChI is InChI=1S/C31H31N9O3/c1-19-5-4-6-23(15-19)40-31(42)27(20(2)38(40)3)30(41)36-22-7-8-24(34-17-22)28-29(32)35-18-25(37-28)21-9-10-33-26(16-21)39-11-13-43-14-12-39/h4-10,15-18H,11-14H2,1-3H3,(H2,32,35)(H,36,41). The maximum Gasteiger partial charge on any atom is 0.284 e. The summed E-state index contributed by atoms with van der Waals surface area (Å²) in [6, 6.07) is 14.8. The SMILES string of the molecule is Cc1cccc(-n2c(=O)c(C(=O)Nc3ccc(-c4nc(-c5ccnc(N6CCOCC6)c5)cnc4N)nc3)c(C)n2C)c1. The molecule has 1 amide bonds. The van der Waals surface area contributed by atoms with Gasteiger partial charge in [-0.15, -0.1) is 0 Å². The molecule has 1 aromatic carbocycles.